The second-order valence-electron chi connectivity index (χ2n) is 4.82. The summed E-state index contributed by atoms with van der Waals surface area (Å²) in [6, 6.07) is -0.647. The van der Waals surface area contributed by atoms with Crippen molar-refractivity contribution >= 4 is 17.9 Å². The van der Waals surface area contributed by atoms with E-state index in [1.807, 2.05) is 0 Å². The molecule has 8 nitrogen and oxygen atoms in total. The molecule has 0 radical (unpaired) electrons. The van der Waals surface area contributed by atoms with Gasteiger partial charge in [-0.1, -0.05) is 0 Å². The summed E-state index contributed by atoms with van der Waals surface area (Å²) in [6.45, 7) is 4.11. The maximum atomic E-state index is 12.1. The van der Waals surface area contributed by atoms with Gasteiger partial charge in [-0.25, -0.2) is 9.78 Å². The summed E-state index contributed by atoms with van der Waals surface area (Å²) in [6.07, 6.45) is 1.46. The molecule has 2 amide bonds. The molecule has 8 heteroatoms. The molecule has 2 heterocycles. The maximum Gasteiger partial charge on any atom is 0.324 e. The Morgan fingerprint density at radius 2 is 2.10 bits per heavy atom. The lowest BCUT2D eigenvalue weighted by Crippen LogP contribution is -2.40. The van der Waals surface area contributed by atoms with Gasteiger partial charge in [0, 0.05) is 12.6 Å². The van der Waals surface area contributed by atoms with Gasteiger partial charge in [0.25, 0.3) is 5.95 Å². The van der Waals surface area contributed by atoms with Crippen molar-refractivity contribution in [1.82, 2.24) is 20.1 Å². The highest BCUT2D eigenvalue weighted by molar-refractivity contribution is 5.88. The number of amides is 2. The van der Waals surface area contributed by atoms with Gasteiger partial charge in [0.15, 0.2) is 0 Å². The van der Waals surface area contributed by atoms with Gasteiger partial charge in [-0.2, -0.15) is 5.10 Å². The van der Waals surface area contributed by atoms with Crippen LogP contribution in [0.15, 0.2) is 0 Å². The van der Waals surface area contributed by atoms with Crippen LogP contribution in [-0.4, -0.2) is 49.8 Å². The molecule has 0 saturated carbocycles. The third-order valence-corrected chi connectivity index (χ3v) is 3.36. The van der Waals surface area contributed by atoms with Crippen molar-refractivity contribution in [3.8, 4) is 0 Å². The number of aromatic nitrogens is 3. The molecule has 108 valence electrons. The Morgan fingerprint density at radius 3 is 2.75 bits per heavy atom. The maximum absolute atomic E-state index is 12.1. The van der Waals surface area contributed by atoms with Crippen molar-refractivity contribution in [2.75, 3.05) is 11.9 Å². The van der Waals surface area contributed by atoms with E-state index in [2.05, 4.69) is 20.5 Å². The number of nitrogens with one attached hydrogen (secondary N) is 1. The molecule has 1 aromatic heterocycles. The van der Waals surface area contributed by atoms with E-state index in [0.29, 0.717) is 24.4 Å². The standard InChI is InChI=1S/C12H17N5O3/c1-7-8(2)15-16-11(13-7)14-12(20)17-5-3-4-9(17)6-10(18)19/h9H,3-6H2,1-2H3,(H,18,19)(H,13,14,16,20). The van der Waals surface area contributed by atoms with Crippen LogP contribution in [0.2, 0.25) is 0 Å². The highest BCUT2D eigenvalue weighted by Gasteiger charge is 2.30. The van der Waals surface area contributed by atoms with Crippen molar-refractivity contribution in [2.45, 2.75) is 39.2 Å². The number of likely N-dealkylation sites (tertiary alicyclic amines) is 1. The van der Waals surface area contributed by atoms with Gasteiger partial charge in [0.2, 0.25) is 0 Å². The first-order valence-electron chi connectivity index (χ1n) is 6.44. The summed E-state index contributed by atoms with van der Waals surface area (Å²) in [5, 5.41) is 19.1. The summed E-state index contributed by atoms with van der Waals surface area (Å²) in [4.78, 5) is 28.5. The lowest BCUT2D eigenvalue weighted by atomic mass is 10.1. The van der Waals surface area contributed by atoms with Crippen LogP contribution < -0.4 is 5.32 Å². The minimum absolute atomic E-state index is 0.0422. The predicted molar refractivity (Wildman–Crippen MR) is 70.3 cm³/mol. The second-order valence-corrected chi connectivity index (χ2v) is 4.82. The Bertz CT molecular complexity index is 534. The number of carboxylic acid groups (broad SMARTS) is 1. The van der Waals surface area contributed by atoms with Crippen molar-refractivity contribution in [2.24, 2.45) is 0 Å². The van der Waals surface area contributed by atoms with Crippen LogP contribution in [0.5, 0.6) is 0 Å². The third kappa shape index (κ3) is 3.19. The molecule has 0 aromatic carbocycles. The molecule has 1 saturated heterocycles. The molecule has 1 aromatic rings. The Morgan fingerprint density at radius 1 is 1.35 bits per heavy atom. The number of hydrogen-bond acceptors (Lipinski definition) is 5. The molecule has 0 bridgehead atoms. The highest BCUT2D eigenvalue weighted by Crippen LogP contribution is 2.20. The van der Waals surface area contributed by atoms with Crippen LogP contribution in [0.3, 0.4) is 0 Å². The van der Waals surface area contributed by atoms with Crippen molar-refractivity contribution in [1.29, 1.82) is 0 Å². The number of aliphatic carboxylic acids is 1. The number of rotatable bonds is 3. The van der Waals surface area contributed by atoms with Crippen LogP contribution in [0.1, 0.15) is 30.7 Å². The minimum Gasteiger partial charge on any atom is -0.481 e. The van der Waals surface area contributed by atoms with Crippen LogP contribution in [0.4, 0.5) is 10.7 Å². The van der Waals surface area contributed by atoms with Gasteiger partial charge in [-0.3, -0.25) is 10.1 Å². The van der Waals surface area contributed by atoms with E-state index in [9.17, 15) is 9.59 Å². The number of urea groups is 1. The van der Waals surface area contributed by atoms with Crippen molar-refractivity contribution in [3.63, 3.8) is 0 Å². The Labute approximate surface area is 116 Å². The molecule has 20 heavy (non-hydrogen) atoms. The average Bonchev–Trinajstić information content (AvgIpc) is 2.81. The number of aryl methyl sites for hydroxylation is 2. The number of anilines is 1. The van der Waals surface area contributed by atoms with E-state index in [1.165, 1.54) is 4.90 Å². The van der Waals surface area contributed by atoms with E-state index in [4.69, 9.17) is 5.11 Å². The van der Waals surface area contributed by atoms with Crippen LogP contribution in [-0.2, 0) is 4.79 Å². The van der Waals surface area contributed by atoms with E-state index < -0.39 is 5.97 Å². The van der Waals surface area contributed by atoms with Gasteiger partial charge in [0.1, 0.15) is 0 Å². The number of nitrogens with zero attached hydrogens (tertiary/aromatic N) is 4. The zero-order valence-electron chi connectivity index (χ0n) is 11.5. The van der Waals surface area contributed by atoms with Crippen molar-refractivity contribution < 1.29 is 14.7 Å². The smallest absolute Gasteiger partial charge is 0.324 e. The van der Waals surface area contributed by atoms with Crippen LogP contribution in [0.25, 0.3) is 0 Å². The average molecular weight is 279 g/mol. The number of carboxylic acids is 1. The summed E-state index contributed by atoms with van der Waals surface area (Å²) in [5.41, 5.74) is 1.40. The summed E-state index contributed by atoms with van der Waals surface area (Å²) >= 11 is 0. The fourth-order valence-corrected chi connectivity index (χ4v) is 2.19. The largest absolute Gasteiger partial charge is 0.481 e. The topological polar surface area (TPSA) is 108 Å². The molecular formula is C12H17N5O3. The predicted octanol–water partition coefficient (Wildman–Crippen LogP) is 0.959. The number of carbonyl (C=O) groups is 2. The fraction of sp³-hybridized carbons (Fsp3) is 0.583. The molecule has 1 atom stereocenters. The molecule has 0 spiro atoms. The zero-order valence-corrected chi connectivity index (χ0v) is 11.5. The normalized spacial score (nSPS) is 18.1. The lowest BCUT2D eigenvalue weighted by molar-refractivity contribution is -0.137. The number of hydrogen-bond donors (Lipinski definition) is 2. The van der Waals surface area contributed by atoms with Crippen LogP contribution >= 0.6 is 0 Å². The van der Waals surface area contributed by atoms with Gasteiger partial charge < -0.3 is 10.0 Å². The van der Waals surface area contributed by atoms with E-state index >= 15 is 0 Å². The van der Waals surface area contributed by atoms with E-state index in [1.54, 1.807) is 13.8 Å². The van der Waals surface area contributed by atoms with Crippen molar-refractivity contribution in [3.05, 3.63) is 11.4 Å². The molecule has 1 fully saturated rings. The first kappa shape index (κ1) is 14.2. The SMILES string of the molecule is Cc1nnc(NC(=O)N2CCCC2CC(=O)O)nc1C. The van der Waals surface area contributed by atoms with Gasteiger partial charge >= 0.3 is 12.0 Å². The van der Waals surface area contributed by atoms with Gasteiger partial charge in [0.05, 0.1) is 17.8 Å². The molecule has 2 N–H and O–H groups in total. The third-order valence-electron chi connectivity index (χ3n) is 3.36. The Balaban J connectivity index is 2.03. The molecule has 1 aliphatic heterocycles. The molecule has 1 unspecified atom stereocenters. The molecular weight excluding hydrogens is 262 g/mol. The van der Waals surface area contributed by atoms with Crippen LogP contribution in [0, 0.1) is 13.8 Å². The summed E-state index contributed by atoms with van der Waals surface area (Å²) in [5.74, 6) is -0.766. The quantitative estimate of drug-likeness (QED) is 0.853. The molecule has 2 rings (SSSR count). The minimum atomic E-state index is -0.904. The van der Waals surface area contributed by atoms with E-state index in [0.717, 1.165) is 6.42 Å². The molecule has 1 aliphatic rings. The van der Waals surface area contributed by atoms with E-state index in [-0.39, 0.29) is 24.4 Å². The fourth-order valence-electron chi connectivity index (χ4n) is 2.19. The number of carbonyl (C=O) groups excluding carboxylic acids is 1. The van der Waals surface area contributed by atoms with Gasteiger partial charge in [-0.15, -0.1) is 5.10 Å². The zero-order chi connectivity index (χ0) is 14.7. The lowest BCUT2D eigenvalue weighted by Gasteiger charge is -2.23. The highest BCUT2D eigenvalue weighted by atomic mass is 16.4. The van der Waals surface area contributed by atoms with Gasteiger partial charge in [-0.05, 0) is 26.7 Å². The Hall–Kier alpha value is -2.25. The first-order chi connectivity index (χ1) is 9.47. The monoisotopic (exact) mass is 279 g/mol. The summed E-state index contributed by atoms with van der Waals surface area (Å²) < 4.78 is 0. The first-order valence-corrected chi connectivity index (χ1v) is 6.44. The summed E-state index contributed by atoms with van der Waals surface area (Å²) in [7, 11) is 0. The molecule has 0 aliphatic carbocycles. The second kappa shape index (κ2) is 5.81. The Kier molecular flexibility index (Phi) is 4.11.